The molecule has 0 saturated carbocycles. The number of nitrogens with one attached hydrogen (secondary N) is 1. The van der Waals surface area contributed by atoms with Gasteiger partial charge < -0.3 is 5.32 Å². The number of nitrogens with zero attached hydrogens (tertiary/aromatic N) is 5. The van der Waals surface area contributed by atoms with Crippen LogP contribution in [0.25, 0.3) is 5.69 Å². The monoisotopic (exact) mass is 288 g/mol. The van der Waals surface area contributed by atoms with Gasteiger partial charge in [0.2, 0.25) is 0 Å². The summed E-state index contributed by atoms with van der Waals surface area (Å²) in [5, 5.41) is 16.0. The number of hydrogen-bond acceptors (Lipinski definition) is 4. The number of aromatic nitrogens is 5. The lowest BCUT2D eigenvalue weighted by atomic mass is 10.2. The summed E-state index contributed by atoms with van der Waals surface area (Å²) in [6, 6.07) is 7.57. The van der Waals surface area contributed by atoms with Crippen LogP contribution in [-0.4, -0.2) is 24.8 Å². The van der Waals surface area contributed by atoms with Gasteiger partial charge in [0.1, 0.15) is 5.69 Å². The van der Waals surface area contributed by atoms with Crippen molar-refractivity contribution in [3.63, 3.8) is 0 Å². The molecule has 2 aromatic heterocycles. The van der Waals surface area contributed by atoms with E-state index in [0.29, 0.717) is 11.6 Å². The molecule has 0 saturated heterocycles. The molecule has 3 aromatic rings. The van der Waals surface area contributed by atoms with Gasteiger partial charge in [-0.15, -0.1) is 5.10 Å². The largest absolute Gasteiger partial charge is 0.378 e. The molecule has 0 atom stereocenters. The normalized spacial score (nSPS) is 10.7. The third kappa shape index (κ3) is 2.37. The van der Waals surface area contributed by atoms with Crippen LogP contribution in [0.1, 0.15) is 5.69 Å². The van der Waals surface area contributed by atoms with E-state index in [-0.39, 0.29) is 0 Å². The van der Waals surface area contributed by atoms with E-state index >= 15 is 0 Å². The van der Waals surface area contributed by atoms with Crippen LogP contribution in [0, 0.1) is 0 Å². The summed E-state index contributed by atoms with van der Waals surface area (Å²) in [4.78, 5) is 0. The molecule has 0 aliphatic rings. The minimum atomic E-state index is 0.609. The first-order valence-corrected chi connectivity index (χ1v) is 6.49. The Balaban J connectivity index is 1.90. The zero-order valence-electron chi connectivity index (χ0n) is 10.9. The molecular weight excluding hydrogens is 276 g/mol. The van der Waals surface area contributed by atoms with Crippen molar-refractivity contribution in [1.82, 2.24) is 24.8 Å². The number of halogens is 1. The van der Waals surface area contributed by atoms with E-state index in [2.05, 4.69) is 20.7 Å². The van der Waals surface area contributed by atoms with Crippen LogP contribution in [0.3, 0.4) is 0 Å². The molecule has 0 aliphatic heterocycles. The lowest BCUT2D eigenvalue weighted by Crippen LogP contribution is -2.08. The standard InChI is InChI=1S/C13H13ClN6/c1-19-10(9-16-18-19)8-15-12-5-2-4-11(14)13(12)20-7-3-6-17-20/h2-7,9,15H,8H2,1H3. The number of aryl methyl sites for hydroxylation is 1. The Labute approximate surface area is 121 Å². The fraction of sp³-hybridized carbons (Fsp3) is 0.154. The summed E-state index contributed by atoms with van der Waals surface area (Å²) in [5.41, 5.74) is 2.72. The van der Waals surface area contributed by atoms with Gasteiger partial charge in [0.05, 0.1) is 29.1 Å². The summed E-state index contributed by atoms with van der Waals surface area (Å²) < 4.78 is 3.47. The van der Waals surface area contributed by atoms with Gasteiger partial charge >= 0.3 is 0 Å². The van der Waals surface area contributed by atoms with Crippen LogP contribution >= 0.6 is 11.6 Å². The molecule has 2 heterocycles. The number of para-hydroxylation sites is 1. The van der Waals surface area contributed by atoms with E-state index in [0.717, 1.165) is 17.1 Å². The maximum absolute atomic E-state index is 6.28. The van der Waals surface area contributed by atoms with Crippen LogP contribution in [-0.2, 0) is 13.6 Å². The van der Waals surface area contributed by atoms with E-state index in [4.69, 9.17) is 11.6 Å². The van der Waals surface area contributed by atoms with E-state index in [1.54, 1.807) is 21.8 Å². The van der Waals surface area contributed by atoms with Gasteiger partial charge in [-0.3, -0.25) is 4.68 Å². The second-order valence-electron chi connectivity index (χ2n) is 4.29. The first-order valence-electron chi connectivity index (χ1n) is 6.11. The van der Waals surface area contributed by atoms with E-state index in [9.17, 15) is 0 Å². The van der Waals surface area contributed by atoms with E-state index in [1.165, 1.54) is 0 Å². The second kappa shape index (κ2) is 5.34. The number of rotatable bonds is 4. The van der Waals surface area contributed by atoms with Crippen LogP contribution in [0.15, 0.2) is 42.9 Å². The highest BCUT2D eigenvalue weighted by Gasteiger charge is 2.10. The molecule has 3 rings (SSSR count). The van der Waals surface area contributed by atoms with Crippen LogP contribution in [0.5, 0.6) is 0 Å². The first kappa shape index (κ1) is 12.7. The van der Waals surface area contributed by atoms with Gasteiger partial charge in [-0.2, -0.15) is 5.10 Å². The molecule has 6 nitrogen and oxygen atoms in total. The molecule has 0 radical (unpaired) electrons. The summed E-state index contributed by atoms with van der Waals surface area (Å²) >= 11 is 6.28. The van der Waals surface area contributed by atoms with Crippen molar-refractivity contribution in [3.8, 4) is 5.69 Å². The Morgan fingerprint density at radius 3 is 2.90 bits per heavy atom. The Bertz CT molecular complexity index is 703. The molecule has 102 valence electrons. The summed E-state index contributed by atoms with van der Waals surface area (Å²) in [6.07, 6.45) is 5.31. The van der Waals surface area contributed by atoms with Crippen molar-refractivity contribution in [2.24, 2.45) is 7.05 Å². The van der Waals surface area contributed by atoms with Gasteiger partial charge in [-0.05, 0) is 18.2 Å². The smallest absolute Gasteiger partial charge is 0.106 e. The predicted octanol–water partition coefficient (Wildman–Crippen LogP) is 2.27. The number of anilines is 1. The topological polar surface area (TPSA) is 60.6 Å². The Morgan fingerprint density at radius 1 is 1.30 bits per heavy atom. The van der Waals surface area contributed by atoms with Crippen LogP contribution in [0.2, 0.25) is 5.02 Å². The van der Waals surface area contributed by atoms with Crippen LogP contribution < -0.4 is 5.32 Å². The predicted molar refractivity (Wildman–Crippen MR) is 76.9 cm³/mol. The molecule has 20 heavy (non-hydrogen) atoms. The van der Waals surface area contributed by atoms with Crippen LogP contribution in [0.4, 0.5) is 5.69 Å². The van der Waals surface area contributed by atoms with Crippen molar-refractivity contribution in [2.45, 2.75) is 6.54 Å². The van der Waals surface area contributed by atoms with Crippen molar-refractivity contribution in [3.05, 3.63) is 53.6 Å². The van der Waals surface area contributed by atoms with Crippen molar-refractivity contribution < 1.29 is 0 Å². The minimum Gasteiger partial charge on any atom is -0.378 e. The number of benzene rings is 1. The van der Waals surface area contributed by atoms with Gasteiger partial charge in [0, 0.05) is 19.4 Å². The second-order valence-corrected chi connectivity index (χ2v) is 4.70. The Kier molecular flexibility index (Phi) is 3.39. The van der Waals surface area contributed by atoms with Gasteiger partial charge in [-0.1, -0.05) is 22.9 Å². The molecule has 0 aliphatic carbocycles. The number of hydrogen-bond donors (Lipinski definition) is 1. The van der Waals surface area contributed by atoms with Gasteiger partial charge in [0.25, 0.3) is 0 Å². The Hall–Kier alpha value is -2.34. The highest BCUT2D eigenvalue weighted by atomic mass is 35.5. The summed E-state index contributed by atoms with van der Waals surface area (Å²) in [5.74, 6) is 0. The molecular formula is C13H13ClN6. The minimum absolute atomic E-state index is 0.609. The lowest BCUT2D eigenvalue weighted by molar-refractivity contribution is 0.683. The summed E-state index contributed by atoms with van der Waals surface area (Å²) in [6.45, 7) is 0.609. The van der Waals surface area contributed by atoms with Crippen molar-refractivity contribution in [1.29, 1.82) is 0 Å². The molecule has 7 heteroatoms. The first-order chi connectivity index (χ1) is 9.75. The molecule has 1 aromatic carbocycles. The quantitative estimate of drug-likeness (QED) is 0.800. The molecule has 0 fully saturated rings. The molecule has 1 N–H and O–H groups in total. The average molecular weight is 289 g/mol. The third-order valence-corrected chi connectivity index (χ3v) is 3.29. The highest BCUT2D eigenvalue weighted by molar-refractivity contribution is 6.33. The van der Waals surface area contributed by atoms with E-state index < -0.39 is 0 Å². The van der Waals surface area contributed by atoms with Crippen molar-refractivity contribution in [2.75, 3.05) is 5.32 Å². The SMILES string of the molecule is Cn1nncc1CNc1cccc(Cl)c1-n1cccn1. The fourth-order valence-electron chi connectivity index (χ4n) is 1.95. The average Bonchev–Trinajstić information content (AvgIpc) is 3.08. The zero-order chi connectivity index (χ0) is 13.9. The molecule has 0 amide bonds. The van der Waals surface area contributed by atoms with Gasteiger partial charge in [0.15, 0.2) is 0 Å². The lowest BCUT2D eigenvalue weighted by Gasteiger charge is -2.13. The third-order valence-electron chi connectivity index (χ3n) is 2.99. The molecule has 0 unspecified atom stereocenters. The van der Waals surface area contributed by atoms with E-state index in [1.807, 2.05) is 37.5 Å². The molecule has 0 bridgehead atoms. The Morgan fingerprint density at radius 2 is 2.20 bits per heavy atom. The highest BCUT2D eigenvalue weighted by Crippen LogP contribution is 2.28. The van der Waals surface area contributed by atoms with Gasteiger partial charge in [-0.25, -0.2) is 4.68 Å². The zero-order valence-corrected chi connectivity index (χ0v) is 11.6. The molecule has 0 spiro atoms. The maximum atomic E-state index is 6.28. The van der Waals surface area contributed by atoms with Crippen molar-refractivity contribution >= 4 is 17.3 Å². The summed E-state index contributed by atoms with van der Waals surface area (Å²) in [7, 11) is 1.86. The fourth-order valence-corrected chi connectivity index (χ4v) is 2.21. The maximum Gasteiger partial charge on any atom is 0.106 e.